The van der Waals surface area contributed by atoms with Crippen LogP contribution in [0.1, 0.15) is 34.5 Å². The first-order valence-corrected chi connectivity index (χ1v) is 12.8. The average molecular weight is 572 g/mol. The third-order valence-corrected chi connectivity index (χ3v) is 6.88. The summed E-state index contributed by atoms with van der Waals surface area (Å²) in [6.45, 7) is 3.82. The van der Waals surface area contributed by atoms with E-state index < -0.39 is 6.04 Å². The van der Waals surface area contributed by atoms with Crippen LogP contribution in [0, 0.1) is 6.92 Å². The second-order valence-corrected chi connectivity index (χ2v) is 9.89. The molecule has 1 atom stereocenters. The van der Waals surface area contributed by atoms with Crippen LogP contribution < -0.4 is 20.7 Å². The highest BCUT2D eigenvalue weighted by Gasteiger charge is 2.35. The van der Waals surface area contributed by atoms with Crippen LogP contribution in [0.15, 0.2) is 94.7 Å². The fourth-order valence-electron chi connectivity index (χ4n) is 4.38. The molecule has 0 saturated carbocycles. The monoisotopic (exact) mass is 571 g/mol. The number of ether oxygens (including phenoxy) is 1. The minimum absolute atomic E-state index is 0.278. The molecular formula is C29H26BrN5O3. The van der Waals surface area contributed by atoms with Crippen molar-refractivity contribution in [3.63, 3.8) is 0 Å². The first kappa shape index (κ1) is 25.3. The molecule has 1 aliphatic rings. The van der Waals surface area contributed by atoms with Crippen molar-refractivity contribution in [2.45, 2.75) is 19.9 Å². The highest BCUT2D eigenvalue weighted by atomic mass is 79.9. The fourth-order valence-corrected chi connectivity index (χ4v) is 4.64. The van der Waals surface area contributed by atoms with E-state index in [1.165, 1.54) is 6.20 Å². The second-order valence-electron chi connectivity index (χ2n) is 8.97. The Morgan fingerprint density at radius 3 is 2.13 bits per heavy atom. The van der Waals surface area contributed by atoms with Gasteiger partial charge in [0.2, 0.25) is 0 Å². The molecule has 1 aromatic heterocycles. The average Bonchev–Trinajstić information content (AvgIpc) is 3.33. The summed E-state index contributed by atoms with van der Waals surface area (Å²) < 4.78 is 7.81. The van der Waals surface area contributed by atoms with Gasteiger partial charge in [0.05, 0.1) is 18.9 Å². The van der Waals surface area contributed by atoms with Crippen LogP contribution in [0.3, 0.4) is 0 Å². The Hall–Kier alpha value is -4.37. The Morgan fingerprint density at radius 1 is 0.895 bits per heavy atom. The number of halogens is 1. The van der Waals surface area contributed by atoms with E-state index in [-0.39, 0.29) is 11.8 Å². The van der Waals surface area contributed by atoms with Gasteiger partial charge in [-0.2, -0.15) is 5.10 Å². The Kier molecular flexibility index (Phi) is 7.02. The van der Waals surface area contributed by atoms with E-state index in [1.54, 1.807) is 36.1 Å². The van der Waals surface area contributed by atoms with Crippen molar-refractivity contribution < 1.29 is 14.3 Å². The fraction of sp³-hybridized carbons (Fsp3) is 0.138. The Labute approximate surface area is 228 Å². The number of anilines is 3. The van der Waals surface area contributed by atoms with Gasteiger partial charge in [0.1, 0.15) is 23.2 Å². The zero-order chi connectivity index (χ0) is 26.8. The third-order valence-electron chi connectivity index (χ3n) is 6.36. The second kappa shape index (κ2) is 10.5. The number of rotatable bonds is 6. The van der Waals surface area contributed by atoms with E-state index in [4.69, 9.17) is 4.74 Å². The Bertz CT molecular complexity index is 1520. The predicted octanol–water partition coefficient (Wildman–Crippen LogP) is 6.14. The van der Waals surface area contributed by atoms with Gasteiger partial charge in [0.25, 0.3) is 11.8 Å². The molecule has 0 fully saturated rings. The molecule has 0 saturated heterocycles. The molecule has 5 rings (SSSR count). The molecule has 0 unspecified atom stereocenters. The topological polar surface area (TPSA) is 97.3 Å². The maximum atomic E-state index is 13.6. The number of hydrogen-bond donors (Lipinski definition) is 3. The molecule has 8 nitrogen and oxygen atoms in total. The molecule has 9 heteroatoms. The number of methoxy groups -OCH3 is 1. The van der Waals surface area contributed by atoms with E-state index in [1.807, 2.05) is 62.4 Å². The zero-order valence-electron chi connectivity index (χ0n) is 21.1. The minimum atomic E-state index is -0.557. The molecule has 0 spiro atoms. The molecule has 2 heterocycles. The molecule has 0 radical (unpaired) electrons. The number of fused-ring (bicyclic) bond motifs is 1. The van der Waals surface area contributed by atoms with Gasteiger partial charge in [0.15, 0.2) is 0 Å². The van der Waals surface area contributed by atoms with Gasteiger partial charge in [-0.15, -0.1) is 0 Å². The van der Waals surface area contributed by atoms with E-state index in [0.29, 0.717) is 39.8 Å². The number of amides is 2. The smallest absolute Gasteiger partial charge is 0.261 e. The van der Waals surface area contributed by atoms with Gasteiger partial charge in [-0.3, -0.25) is 9.59 Å². The quantitative estimate of drug-likeness (QED) is 0.258. The van der Waals surface area contributed by atoms with E-state index >= 15 is 0 Å². The van der Waals surface area contributed by atoms with Gasteiger partial charge in [-0.25, -0.2) is 4.68 Å². The van der Waals surface area contributed by atoms with Crippen LogP contribution in [0.4, 0.5) is 17.2 Å². The van der Waals surface area contributed by atoms with Crippen molar-refractivity contribution in [3.05, 3.63) is 111 Å². The first-order valence-electron chi connectivity index (χ1n) is 12.0. The van der Waals surface area contributed by atoms with Crippen molar-refractivity contribution in [2.24, 2.45) is 0 Å². The molecule has 3 N–H and O–H groups in total. The number of nitrogens with zero attached hydrogens (tertiary/aromatic N) is 2. The van der Waals surface area contributed by atoms with E-state index in [0.717, 1.165) is 15.6 Å². The van der Waals surface area contributed by atoms with Crippen molar-refractivity contribution in [3.8, 4) is 5.75 Å². The van der Waals surface area contributed by atoms with Gasteiger partial charge >= 0.3 is 0 Å². The lowest BCUT2D eigenvalue weighted by molar-refractivity contribution is -0.113. The standard InChI is InChI=1S/C29H26BrN5O3/c1-17-4-10-21(11-5-17)33-28(36)24-16-31-35-26(19-6-8-20(30)9-7-19)25(18(2)32-27(24)35)29(37)34-22-12-14-23(38-3)15-13-22/h4-16,26,32H,1-3H3,(H,33,36)(H,34,37)/t26-/m1/s1. The number of benzene rings is 3. The number of aryl methyl sites for hydroxylation is 1. The molecule has 0 bridgehead atoms. The van der Waals surface area contributed by atoms with Crippen LogP contribution in [-0.2, 0) is 4.79 Å². The molecule has 192 valence electrons. The zero-order valence-corrected chi connectivity index (χ0v) is 22.7. The van der Waals surface area contributed by atoms with Crippen molar-refractivity contribution >= 4 is 44.9 Å². The molecule has 4 aromatic rings. The first-order chi connectivity index (χ1) is 18.3. The third kappa shape index (κ3) is 5.05. The predicted molar refractivity (Wildman–Crippen MR) is 152 cm³/mol. The maximum absolute atomic E-state index is 13.6. The summed E-state index contributed by atoms with van der Waals surface area (Å²) in [6, 6.07) is 21.9. The summed E-state index contributed by atoms with van der Waals surface area (Å²) >= 11 is 3.48. The molecule has 3 aromatic carbocycles. The van der Waals surface area contributed by atoms with E-state index in [9.17, 15) is 9.59 Å². The SMILES string of the molecule is COc1ccc(NC(=O)C2=C(C)Nc3c(C(=O)Nc4ccc(C)cc4)cnn3[C@@H]2c2ccc(Br)cc2)cc1. The number of carbonyl (C=O) groups is 2. The van der Waals surface area contributed by atoms with Gasteiger partial charge in [-0.1, -0.05) is 45.8 Å². The highest BCUT2D eigenvalue weighted by Crippen LogP contribution is 2.38. The highest BCUT2D eigenvalue weighted by molar-refractivity contribution is 9.10. The van der Waals surface area contributed by atoms with E-state index in [2.05, 4.69) is 37.0 Å². The molecule has 0 aliphatic carbocycles. The van der Waals surface area contributed by atoms with Crippen molar-refractivity contribution in [1.29, 1.82) is 0 Å². The van der Waals surface area contributed by atoms with Crippen molar-refractivity contribution in [1.82, 2.24) is 9.78 Å². The summed E-state index contributed by atoms with van der Waals surface area (Å²) in [5, 5.41) is 13.7. The summed E-state index contributed by atoms with van der Waals surface area (Å²) in [4.78, 5) is 26.9. The lowest BCUT2D eigenvalue weighted by Gasteiger charge is -2.30. The summed E-state index contributed by atoms with van der Waals surface area (Å²) in [7, 11) is 1.59. The molecule has 1 aliphatic heterocycles. The van der Waals surface area contributed by atoms with Crippen LogP contribution in [0.25, 0.3) is 0 Å². The van der Waals surface area contributed by atoms with Crippen LogP contribution in [0.5, 0.6) is 5.75 Å². The van der Waals surface area contributed by atoms with Crippen LogP contribution in [0.2, 0.25) is 0 Å². The number of aromatic nitrogens is 2. The molecular weight excluding hydrogens is 546 g/mol. The largest absolute Gasteiger partial charge is 0.497 e. The van der Waals surface area contributed by atoms with Crippen LogP contribution >= 0.6 is 15.9 Å². The Morgan fingerprint density at radius 2 is 1.50 bits per heavy atom. The Balaban J connectivity index is 1.51. The number of allylic oxidation sites excluding steroid dienone is 1. The summed E-state index contributed by atoms with van der Waals surface area (Å²) in [5.74, 6) is 0.639. The van der Waals surface area contributed by atoms with Gasteiger partial charge in [-0.05, 0) is 67.9 Å². The van der Waals surface area contributed by atoms with Gasteiger partial charge < -0.3 is 20.7 Å². The summed E-state index contributed by atoms with van der Waals surface area (Å²) in [5.41, 5.74) is 4.77. The summed E-state index contributed by atoms with van der Waals surface area (Å²) in [6.07, 6.45) is 1.52. The van der Waals surface area contributed by atoms with Gasteiger partial charge in [0, 0.05) is 21.5 Å². The maximum Gasteiger partial charge on any atom is 0.261 e. The number of hydrogen-bond acceptors (Lipinski definition) is 5. The normalized spacial score (nSPS) is 14.4. The number of carbonyl (C=O) groups excluding carboxylic acids is 2. The lowest BCUT2D eigenvalue weighted by Crippen LogP contribution is -2.32. The molecule has 2 amide bonds. The van der Waals surface area contributed by atoms with Crippen molar-refractivity contribution in [2.75, 3.05) is 23.1 Å². The lowest BCUT2D eigenvalue weighted by atomic mass is 9.94. The number of nitrogens with one attached hydrogen (secondary N) is 3. The minimum Gasteiger partial charge on any atom is -0.497 e. The molecule has 38 heavy (non-hydrogen) atoms. The van der Waals surface area contributed by atoms with Crippen LogP contribution in [-0.4, -0.2) is 28.7 Å².